The van der Waals surface area contributed by atoms with E-state index in [1.165, 1.54) is 6.20 Å². The summed E-state index contributed by atoms with van der Waals surface area (Å²) in [5, 5.41) is 2.69. The number of ether oxygens (including phenoxy) is 1. The van der Waals surface area contributed by atoms with Crippen molar-refractivity contribution < 1.29 is 31.5 Å². The summed E-state index contributed by atoms with van der Waals surface area (Å²) in [5.74, 6) is -2.65. The molecule has 2 aromatic rings. The average Bonchev–Trinajstić information content (AvgIpc) is 3.42. The number of nitrogens with one attached hydrogen (secondary N) is 1. The minimum absolute atomic E-state index is 0.166. The SMILES string of the molecule is CC(NC(=O)[C@@H]1C[C@H]1c1cc(F)ccc1F)c1cnc(OCC(F)(F)F)cn1. The number of carbonyl (C=O) groups excluding carboxylic acids is 1. The first-order chi connectivity index (χ1) is 13.1. The van der Waals surface area contributed by atoms with Gasteiger partial charge in [-0.05, 0) is 43.0 Å². The third-order valence-electron chi connectivity index (χ3n) is 4.32. The van der Waals surface area contributed by atoms with Crippen molar-refractivity contribution in [1.82, 2.24) is 15.3 Å². The molecule has 1 amide bonds. The molecule has 1 N–H and O–H groups in total. The van der Waals surface area contributed by atoms with Gasteiger partial charge in [-0.25, -0.2) is 13.8 Å². The number of amides is 1. The molecule has 3 atom stereocenters. The van der Waals surface area contributed by atoms with Crippen molar-refractivity contribution in [3.05, 3.63) is 53.5 Å². The van der Waals surface area contributed by atoms with E-state index in [-0.39, 0.29) is 17.4 Å². The summed E-state index contributed by atoms with van der Waals surface area (Å²) in [6.45, 7) is 0.144. The van der Waals surface area contributed by atoms with Crippen molar-refractivity contribution in [2.24, 2.45) is 5.92 Å². The average molecular weight is 401 g/mol. The van der Waals surface area contributed by atoms with Gasteiger partial charge in [0, 0.05) is 5.92 Å². The van der Waals surface area contributed by atoms with E-state index in [4.69, 9.17) is 0 Å². The smallest absolute Gasteiger partial charge is 0.422 e. The molecule has 5 nitrogen and oxygen atoms in total. The first-order valence-electron chi connectivity index (χ1n) is 8.41. The number of hydrogen-bond donors (Lipinski definition) is 1. The lowest BCUT2D eigenvalue weighted by Crippen LogP contribution is -2.29. The van der Waals surface area contributed by atoms with Crippen LogP contribution < -0.4 is 10.1 Å². The fourth-order valence-corrected chi connectivity index (χ4v) is 2.80. The Morgan fingerprint density at radius 1 is 1.29 bits per heavy atom. The summed E-state index contributed by atoms with van der Waals surface area (Å²) >= 11 is 0. The quantitative estimate of drug-likeness (QED) is 0.751. The van der Waals surface area contributed by atoms with Crippen molar-refractivity contribution in [3.8, 4) is 5.88 Å². The van der Waals surface area contributed by atoms with Crippen molar-refractivity contribution in [2.75, 3.05) is 6.61 Å². The fraction of sp³-hybridized carbons (Fsp3) is 0.389. The maximum Gasteiger partial charge on any atom is 0.422 e. The molecule has 1 aromatic carbocycles. The van der Waals surface area contributed by atoms with E-state index in [1.807, 2.05) is 0 Å². The highest BCUT2D eigenvalue weighted by molar-refractivity contribution is 5.83. The Morgan fingerprint density at radius 2 is 2.04 bits per heavy atom. The zero-order chi connectivity index (χ0) is 20.5. The van der Waals surface area contributed by atoms with E-state index in [9.17, 15) is 26.7 Å². The second-order valence-corrected chi connectivity index (χ2v) is 6.53. The predicted molar refractivity (Wildman–Crippen MR) is 87.3 cm³/mol. The van der Waals surface area contributed by atoms with E-state index >= 15 is 0 Å². The van der Waals surface area contributed by atoms with Crippen LogP contribution in [0.3, 0.4) is 0 Å². The van der Waals surface area contributed by atoms with E-state index in [2.05, 4.69) is 20.0 Å². The second-order valence-electron chi connectivity index (χ2n) is 6.53. The fourth-order valence-electron chi connectivity index (χ4n) is 2.80. The topological polar surface area (TPSA) is 64.1 Å². The molecule has 1 saturated carbocycles. The zero-order valence-corrected chi connectivity index (χ0v) is 14.6. The van der Waals surface area contributed by atoms with Crippen LogP contribution in [0.25, 0.3) is 0 Å². The van der Waals surface area contributed by atoms with Crippen LogP contribution in [0.15, 0.2) is 30.6 Å². The molecule has 0 saturated heterocycles. The van der Waals surface area contributed by atoms with Crippen LogP contribution >= 0.6 is 0 Å². The first kappa shape index (κ1) is 20.0. The molecule has 1 unspecified atom stereocenters. The van der Waals surface area contributed by atoms with Gasteiger partial charge in [0.05, 0.1) is 24.1 Å². The molecule has 1 aliphatic rings. The second kappa shape index (κ2) is 7.69. The molecular weight excluding hydrogens is 385 g/mol. The molecule has 1 aromatic heterocycles. The summed E-state index contributed by atoms with van der Waals surface area (Å²) in [6.07, 6.45) is -1.85. The monoisotopic (exact) mass is 401 g/mol. The summed E-state index contributed by atoms with van der Waals surface area (Å²) in [6, 6.07) is 2.55. The summed E-state index contributed by atoms with van der Waals surface area (Å²) < 4.78 is 67.9. The van der Waals surface area contributed by atoms with Crippen LogP contribution in [0, 0.1) is 17.6 Å². The van der Waals surface area contributed by atoms with Crippen LogP contribution in [-0.4, -0.2) is 28.7 Å². The molecule has 0 aliphatic heterocycles. The van der Waals surface area contributed by atoms with Gasteiger partial charge in [-0.1, -0.05) is 0 Å². The van der Waals surface area contributed by atoms with Crippen LogP contribution in [-0.2, 0) is 4.79 Å². The minimum Gasteiger partial charge on any atom is -0.467 e. The van der Waals surface area contributed by atoms with Crippen molar-refractivity contribution in [2.45, 2.75) is 31.5 Å². The van der Waals surface area contributed by atoms with Gasteiger partial charge in [0.25, 0.3) is 0 Å². The van der Waals surface area contributed by atoms with E-state index in [0.29, 0.717) is 12.1 Å². The highest BCUT2D eigenvalue weighted by Crippen LogP contribution is 2.48. The molecule has 10 heteroatoms. The predicted octanol–water partition coefficient (Wildman–Crippen LogP) is 3.68. The Hall–Kier alpha value is -2.78. The lowest BCUT2D eigenvalue weighted by molar-refractivity contribution is -0.154. The van der Waals surface area contributed by atoms with E-state index < -0.39 is 42.3 Å². The van der Waals surface area contributed by atoms with Gasteiger partial charge in [0.2, 0.25) is 11.8 Å². The highest BCUT2D eigenvalue weighted by atomic mass is 19.4. The number of halogens is 5. The molecular formula is C18H16F5N3O2. The van der Waals surface area contributed by atoms with Crippen LogP contribution in [0.4, 0.5) is 22.0 Å². The number of carbonyl (C=O) groups is 1. The van der Waals surface area contributed by atoms with Gasteiger partial charge in [-0.15, -0.1) is 0 Å². The Balaban J connectivity index is 1.55. The van der Waals surface area contributed by atoms with Gasteiger partial charge in [-0.3, -0.25) is 9.78 Å². The number of hydrogen-bond acceptors (Lipinski definition) is 4. The number of benzene rings is 1. The normalized spacial score (nSPS) is 19.8. The maximum absolute atomic E-state index is 13.8. The Labute approximate surface area is 156 Å². The molecule has 3 rings (SSSR count). The molecule has 0 spiro atoms. The van der Waals surface area contributed by atoms with Crippen molar-refractivity contribution in [3.63, 3.8) is 0 Å². The standard InChI is InChI=1S/C18H16F5N3O2/c1-9(15-6-25-16(7-24-15)28-8-18(21,22)23)26-17(27)13-5-11(13)12-4-10(19)2-3-14(12)20/h2-4,6-7,9,11,13H,5,8H2,1H3,(H,26,27)/t9?,11-,13+/m0/s1. The summed E-state index contributed by atoms with van der Waals surface area (Å²) in [7, 11) is 0. The summed E-state index contributed by atoms with van der Waals surface area (Å²) in [5.41, 5.74) is 0.487. The maximum atomic E-state index is 13.8. The molecule has 1 aliphatic carbocycles. The highest BCUT2D eigenvalue weighted by Gasteiger charge is 2.45. The first-order valence-corrected chi connectivity index (χ1v) is 8.41. The van der Waals surface area contributed by atoms with E-state index in [1.54, 1.807) is 6.92 Å². The van der Waals surface area contributed by atoms with Crippen molar-refractivity contribution >= 4 is 5.91 Å². The number of alkyl halides is 3. The molecule has 0 radical (unpaired) electrons. The van der Waals surface area contributed by atoms with Crippen LogP contribution in [0.5, 0.6) is 5.88 Å². The summed E-state index contributed by atoms with van der Waals surface area (Å²) in [4.78, 5) is 20.0. The van der Waals surface area contributed by atoms with Gasteiger partial charge in [0.1, 0.15) is 11.6 Å². The number of rotatable bonds is 6. The van der Waals surface area contributed by atoms with Crippen LogP contribution in [0.2, 0.25) is 0 Å². The Kier molecular flexibility index (Phi) is 5.48. The number of aromatic nitrogens is 2. The van der Waals surface area contributed by atoms with Crippen LogP contribution in [0.1, 0.15) is 36.6 Å². The lowest BCUT2D eigenvalue weighted by Gasteiger charge is -2.14. The molecule has 1 fully saturated rings. The van der Waals surface area contributed by atoms with Gasteiger partial charge < -0.3 is 10.1 Å². The molecule has 28 heavy (non-hydrogen) atoms. The largest absolute Gasteiger partial charge is 0.467 e. The van der Waals surface area contributed by atoms with Gasteiger partial charge >= 0.3 is 6.18 Å². The third-order valence-corrected chi connectivity index (χ3v) is 4.32. The van der Waals surface area contributed by atoms with Gasteiger partial charge in [0.15, 0.2) is 6.61 Å². The number of nitrogens with zero attached hydrogens (tertiary/aromatic N) is 2. The Morgan fingerprint density at radius 3 is 2.68 bits per heavy atom. The zero-order valence-electron chi connectivity index (χ0n) is 14.6. The Bertz CT molecular complexity index is 857. The minimum atomic E-state index is -4.48. The molecule has 1 heterocycles. The lowest BCUT2D eigenvalue weighted by atomic mass is 10.1. The van der Waals surface area contributed by atoms with E-state index in [0.717, 1.165) is 24.4 Å². The third kappa shape index (κ3) is 4.93. The molecule has 0 bridgehead atoms. The van der Waals surface area contributed by atoms with Gasteiger partial charge in [-0.2, -0.15) is 13.2 Å². The molecule has 150 valence electrons. The van der Waals surface area contributed by atoms with Crippen molar-refractivity contribution in [1.29, 1.82) is 0 Å².